The van der Waals surface area contributed by atoms with E-state index >= 15 is 0 Å². The minimum atomic E-state index is -1.13. The molecule has 0 aliphatic rings. The van der Waals surface area contributed by atoms with Gasteiger partial charge in [0.15, 0.2) is 0 Å². The lowest BCUT2D eigenvalue weighted by atomic mass is 9.70. The van der Waals surface area contributed by atoms with Crippen molar-refractivity contribution in [2.75, 3.05) is 13.1 Å². The average Bonchev–Trinajstić information content (AvgIpc) is 2.70. The maximum absolute atomic E-state index is 13.1. The van der Waals surface area contributed by atoms with E-state index in [1.165, 1.54) is 0 Å². The summed E-state index contributed by atoms with van der Waals surface area (Å²) in [6.45, 7) is 7.20. The van der Waals surface area contributed by atoms with Gasteiger partial charge in [-0.25, -0.2) is 0 Å². The minimum absolute atomic E-state index is 0.182. The molecule has 0 aliphatic heterocycles. The number of benzene rings is 1. The van der Waals surface area contributed by atoms with Crippen molar-refractivity contribution < 1.29 is 19.5 Å². The fourth-order valence-corrected chi connectivity index (χ4v) is 3.59. The van der Waals surface area contributed by atoms with Crippen molar-refractivity contribution in [3.05, 3.63) is 35.9 Å². The smallest absolute Gasteiger partial charge is 0.321 e. The van der Waals surface area contributed by atoms with Crippen LogP contribution < -0.4 is 27.8 Å². The predicted molar refractivity (Wildman–Crippen MR) is 120 cm³/mol. The van der Waals surface area contributed by atoms with Crippen molar-refractivity contribution in [2.24, 2.45) is 28.0 Å². The second-order valence-corrected chi connectivity index (χ2v) is 9.26. The normalized spacial score (nSPS) is 14.1. The SMILES string of the molecule is CC(C)(CC(C)(C)C(N)C(=O)O)C(=O)NC(Cc1ccccc1)C(=O)NC(CN)CN. The van der Waals surface area contributed by atoms with Gasteiger partial charge >= 0.3 is 5.97 Å². The predicted octanol–water partition coefficient (Wildman–Crippen LogP) is -0.0295. The van der Waals surface area contributed by atoms with Crippen LogP contribution in [-0.4, -0.2) is 54.1 Å². The monoisotopic (exact) mass is 435 g/mol. The summed E-state index contributed by atoms with van der Waals surface area (Å²) in [5.41, 5.74) is 16.2. The number of nitrogens with two attached hydrogens (primary N) is 3. The first-order chi connectivity index (χ1) is 14.3. The van der Waals surface area contributed by atoms with Crippen molar-refractivity contribution in [1.82, 2.24) is 10.6 Å². The molecule has 0 saturated heterocycles. The zero-order chi connectivity index (χ0) is 23.8. The summed E-state index contributed by atoms with van der Waals surface area (Å²) in [5.74, 6) is -1.88. The molecule has 174 valence electrons. The van der Waals surface area contributed by atoms with Gasteiger partial charge in [-0.05, 0) is 17.4 Å². The third kappa shape index (κ3) is 7.93. The Balaban J connectivity index is 3.03. The van der Waals surface area contributed by atoms with Crippen LogP contribution in [-0.2, 0) is 20.8 Å². The molecule has 1 aromatic carbocycles. The summed E-state index contributed by atoms with van der Waals surface area (Å²) in [5, 5.41) is 14.9. The number of hydrogen-bond acceptors (Lipinski definition) is 6. The van der Waals surface area contributed by atoms with Gasteiger partial charge in [0.2, 0.25) is 11.8 Å². The Bertz CT molecular complexity index is 748. The minimum Gasteiger partial charge on any atom is -0.480 e. The van der Waals surface area contributed by atoms with E-state index in [9.17, 15) is 19.5 Å². The number of carbonyl (C=O) groups is 3. The van der Waals surface area contributed by atoms with Gasteiger partial charge in [0.1, 0.15) is 12.1 Å². The quantitative estimate of drug-likeness (QED) is 0.267. The van der Waals surface area contributed by atoms with Gasteiger partial charge in [-0.2, -0.15) is 0 Å². The van der Waals surface area contributed by atoms with Crippen LogP contribution in [0.25, 0.3) is 0 Å². The zero-order valence-electron chi connectivity index (χ0n) is 18.9. The van der Waals surface area contributed by atoms with E-state index in [0.717, 1.165) is 5.56 Å². The van der Waals surface area contributed by atoms with Gasteiger partial charge in [-0.15, -0.1) is 0 Å². The van der Waals surface area contributed by atoms with Crippen LogP contribution in [0.15, 0.2) is 30.3 Å². The topological polar surface area (TPSA) is 174 Å². The molecule has 2 unspecified atom stereocenters. The molecular weight excluding hydrogens is 398 g/mol. The fraction of sp³-hybridized carbons (Fsp3) is 0.591. The third-order valence-corrected chi connectivity index (χ3v) is 5.44. The molecule has 0 radical (unpaired) electrons. The molecule has 0 bridgehead atoms. The molecule has 2 amide bonds. The van der Waals surface area contributed by atoms with Crippen molar-refractivity contribution in [1.29, 1.82) is 0 Å². The highest BCUT2D eigenvalue weighted by Gasteiger charge is 2.41. The van der Waals surface area contributed by atoms with E-state index in [1.807, 2.05) is 30.3 Å². The largest absolute Gasteiger partial charge is 0.480 e. The first kappa shape index (κ1) is 26.5. The summed E-state index contributed by atoms with van der Waals surface area (Å²) in [6.07, 6.45) is 0.502. The van der Waals surface area contributed by atoms with Crippen molar-refractivity contribution in [3.63, 3.8) is 0 Å². The molecule has 0 heterocycles. The second kappa shape index (κ2) is 11.2. The van der Waals surface area contributed by atoms with E-state index < -0.39 is 34.9 Å². The Kier molecular flexibility index (Phi) is 9.61. The van der Waals surface area contributed by atoms with Crippen LogP contribution in [0.1, 0.15) is 39.7 Å². The number of nitrogens with one attached hydrogen (secondary N) is 2. The maximum atomic E-state index is 13.1. The van der Waals surface area contributed by atoms with Gasteiger partial charge < -0.3 is 32.9 Å². The van der Waals surface area contributed by atoms with Crippen LogP contribution in [0.4, 0.5) is 0 Å². The molecule has 1 aromatic rings. The van der Waals surface area contributed by atoms with E-state index in [0.29, 0.717) is 0 Å². The lowest BCUT2D eigenvalue weighted by Crippen LogP contribution is -2.56. The lowest BCUT2D eigenvalue weighted by molar-refractivity contribution is -0.143. The van der Waals surface area contributed by atoms with E-state index in [2.05, 4.69) is 10.6 Å². The van der Waals surface area contributed by atoms with Gasteiger partial charge in [0, 0.05) is 24.9 Å². The number of aliphatic carboxylic acids is 1. The fourth-order valence-electron chi connectivity index (χ4n) is 3.59. The molecular formula is C22H37N5O4. The molecule has 0 fully saturated rings. The highest BCUT2D eigenvalue weighted by Crippen LogP contribution is 2.36. The van der Waals surface area contributed by atoms with E-state index in [1.54, 1.807) is 27.7 Å². The molecule has 2 atom stereocenters. The van der Waals surface area contributed by atoms with Crippen molar-refractivity contribution in [2.45, 2.75) is 58.7 Å². The summed E-state index contributed by atoms with van der Waals surface area (Å²) >= 11 is 0. The molecule has 9 N–H and O–H groups in total. The molecule has 1 rings (SSSR count). The Morgan fingerprint density at radius 1 is 1.00 bits per heavy atom. The first-order valence-corrected chi connectivity index (χ1v) is 10.4. The molecule has 0 aromatic heterocycles. The highest BCUT2D eigenvalue weighted by atomic mass is 16.4. The Morgan fingerprint density at radius 3 is 2.03 bits per heavy atom. The maximum Gasteiger partial charge on any atom is 0.321 e. The lowest BCUT2D eigenvalue weighted by Gasteiger charge is -2.37. The van der Waals surface area contributed by atoms with Crippen LogP contribution in [0, 0.1) is 10.8 Å². The Hall–Kier alpha value is -2.49. The second-order valence-electron chi connectivity index (χ2n) is 9.26. The summed E-state index contributed by atoms with van der Waals surface area (Å²) in [6, 6.07) is 6.95. The van der Waals surface area contributed by atoms with Gasteiger partial charge in [-0.1, -0.05) is 58.0 Å². The van der Waals surface area contributed by atoms with E-state index in [-0.39, 0.29) is 37.7 Å². The number of carboxylic acids is 1. The van der Waals surface area contributed by atoms with E-state index in [4.69, 9.17) is 17.2 Å². The number of amides is 2. The van der Waals surface area contributed by atoms with Crippen LogP contribution in [0.2, 0.25) is 0 Å². The first-order valence-electron chi connectivity index (χ1n) is 10.4. The number of rotatable bonds is 12. The average molecular weight is 436 g/mol. The molecule has 0 saturated carbocycles. The summed E-state index contributed by atoms with van der Waals surface area (Å²) < 4.78 is 0. The molecule has 0 spiro atoms. The molecule has 9 heteroatoms. The molecule has 9 nitrogen and oxygen atoms in total. The van der Waals surface area contributed by atoms with Crippen LogP contribution in [0.3, 0.4) is 0 Å². The van der Waals surface area contributed by atoms with Crippen LogP contribution >= 0.6 is 0 Å². The molecule has 31 heavy (non-hydrogen) atoms. The molecule has 0 aliphatic carbocycles. The van der Waals surface area contributed by atoms with Gasteiger partial charge in [-0.3, -0.25) is 14.4 Å². The summed E-state index contributed by atoms with van der Waals surface area (Å²) in [4.78, 5) is 37.4. The standard InChI is InChI=1S/C22H37N5O4/c1-21(2,17(25)19(29)30)13-22(3,4)20(31)27-16(10-14-8-6-5-7-9-14)18(28)26-15(11-23)12-24/h5-9,15-17H,10-13,23-25H2,1-4H3,(H,26,28)(H,27,31)(H,29,30). The van der Waals surface area contributed by atoms with Crippen molar-refractivity contribution in [3.8, 4) is 0 Å². The summed E-state index contributed by atoms with van der Waals surface area (Å²) in [7, 11) is 0. The zero-order valence-corrected chi connectivity index (χ0v) is 18.9. The van der Waals surface area contributed by atoms with Gasteiger partial charge in [0.05, 0.1) is 6.04 Å². The third-order valence-electron chi connectivity index (χ3n) is 5.44. The Morgan fingerprint density at radius 2 is 1.55 bits per heavy atom. The number of carboxylic acid groups (broad SMARTS) is 1. The van der Waals surface area contributed by atoms with Crippen molar-refractivity contribution >= 4 is 17.8 Å². The highest BCUT2D eigenvalue weighted by molar-refractivity contribution is 5.90. The Labute approximate surface area is 184 Å². The van der Waals surface area contributed by atoms with Crippen LogP contribution in [0.5, 0.6) is 0 Å². The number of hydrogen-bond donors (Lipinski definition) is 6. The van der Waals surface area contributed by atoms with Gasteiger partial charge in [0.25, 0.3) is 0 Å². The number of carbonyl (C=O) groups excluding carboxylic acids is 2.